The van der Waals surface area contributed by atoms with E-state index < -0.39 is 12.2 Å². The standard InChI is InChI=1S/C17H20O3/c18-11-10-16-14(7-9-17(16)20)6-8-15(19)12-13-4-2-1-3-5-13/h1-5,11,14-17,19-20H,7,9-10,12H2/t14-,15?,16-,17+/m0/s1. The molecule has 1 aromatic carbocycles. The monoisotopic (exact) mass is 272 g/mol. The zero-order chi connectivity index (χ0) is 14.4. The van der Waals surface area contributed by atoms with Crippen molar-refractivity contribution < 1.29 is 15.0 Å². The largest absolute Gasteiger partial charge is 0.393 e. The summed E-state index contributed by atoms with van der Waals surface area (Å²) in [6.45, 7) is 0. The lowest BCUT2D eigenvalue weighted by Crippen LogP contribution is -2.19. The van der Waals surface area contributed by atoms with Crippen LogP contribution >= 0.6 is 0 Å². The van der Waals surface area contributed by atoms with Crippen LogP contribution in [0.4, 0.5) is 0 Å². The number of aldehydes is 1. The Morgan fingerprint density at radius 1 is 1.30 bits per heavy atom. The number of aliphatic hydroxyl groups excluding tert-OH is 2. The fraction of sp³-hybridized carbons (Fsp3) is 0.471. The minimum absolute atomic E-state index is 0.0145. The summed E-state index contributed by atoms with van der Waals surface area (Å²) in [6.07, 6.45) is 2.03. The van der Waals surface area contributed by atoms with Crippen molar-refractivity contribution in [1.82, 2.24) is 0 Å². The number of carbonyl (C=O) groups is 1. The summed E-state index contributed by atoms with van der Waals surface area (Å²) in [7, 11) is 0. The van der Waals surface area contributed by atoms with Gasteiger partial charge in [0.2, 0.25) is 0 Å². The van der Waals surface area contributed by atoms with Crippen molar-refractivity contribution >= 4 is 6.29 Å². The first-order valence-electron chi connectivity index (χ1n) is 7.05. The van der Waals surface area contributed by atoms with Gasteiger partial charge in [0.15, 0.2) is 0 Å². The summed E-state index contributed by atoms with van der Waals surface area (Å²) in [5.74, 6) is 5.84. The molecular formula is C17H20O3. The molecule has 2 N–H and O–H groups in total. The Morgan fingerprint density at radius 2 is 2.05 bits per heavy atom. The van der Waals surface area contributed by atoms with Crippen LogP contribution in [0.2, 0.25) is 0 Å². The van der Waals surface area contributed by atoms with Crippen molar-refractivity contribution in [1.29, 1.82) is 0 Å². The minimum Gasteiger partial charge on any atom is -0.393 e. The molecule has 20 heavy (non-hydrogen) atoms. The number of hydrogen-bond donors (Lipinski definition) is 2. The Balaban J connectivity index is 1.94. The first-order chi connectivity index (χ1) is 9.70. The zero-order valence-corrected chi connectivity index (χ0v) is 11.4. The second kappa shape index (κ2) is 7.23. The molecule has 0 spiro atoms. The van der Waals surface area contributed by atoms with E-state index in [0.29, 0.717) is 19.3 Å². The molecule has 0 saturated heterocycles. The summed E-state index contributed by atoms with van der Waals surface area (Å²) < 4.78 is 0. The molecule has 0 aliphatic heterocycles. The minimum atomic E-state index is -0.702. The third-order valence-corrected chi connectivity index (χ3v) is 3.86. The van der Waals surface area contributed by atoms with Crippen molar-refractivity contribution in [3.05, 3.63) is 35.9 Å². The van der Waals surface area contributed by atoms with Crippen LogP contribution in [0.3, 0.4) is 0 Å². The van der Waals surface area contributed by atoms with Gasteiger partial charge in [-0.05, 0) is 18.4 Å². The number of benzene rings is 1. The van der Waals surface area contributed by atoms with Crippen molar-refractivity contribution in [3.63, 3.8) is 0 Å². The van der Waals surface area contributed by atoms with Gasteiger partial charge in [0.05, 0.1) is 6.10 Å². The van der Waals surface area contributed by atoms with Crippen molar-refractivity contribution in [2.75, 3.05) is 0 Å². The molecule has 1 aliphatic carbocycles. The maximum Gasteiger partial charge on any atom is 0.120 e. The molecule has 1 aromatic rings. The van der Waals surface area contributed by atoms with Crippen LogP contribution in [0.15, 0.2) is 30.3 Å². The molecule has 4 atom stereocenters. The lowest BCUT2D eigenvalue weighted by atomic mass is 9.92. The summed E-state index contributed by atoms with van der Waals surface area (Å²) in [4.78, 5) is 10.6. The van der Waals surface area contributed by atoms with Crippen LogP contribution in [-0.4, -0.2) is 28.7 Å². The number of aliphatic hydroxyl groups is 2. The van der Waals surface area contributed by atoms with Gasteiger partial charge >= 0.3 is 0 Å². The van der Waals surface area contributed by atoms with Crippen molar-refractivity contribution in [2.24, 2.45) is 11.8 Å². The van der Waals surface area contributed by atoms with E-state index >= 15 is 0 Å². The molecule has 0 amide bonds. The molecule has 106 valence electrons. The molecular weight excluding hydrogens is 252 g/mol. The van der Waals surface area contributed by atoms with Gasteiger partial charge in [-0.2, -0.15) is 0 Å². The van der Waals surface area contributed by atoms with Gasteiger partial charge in [-0.1, -0.05) is 42.2 Å². The van der Waals surface area contributed by atoms with Gasteiger partial charge in [-0.3, -0.25) is 0 Å². The molecule has 0 aromatic heterocycles. The predicted octanol–water partition coefficient (Wildman–Crippen LogP) is 1.57. The molecule has 0 radical (unpaired) electrons. The average molecular weight is 272 g/mol. The Hall–Kier alpha value is -1.63. The second-order valence-corrected chi connectivity index (χ2v) is 5.31. The molecule has 1 fully saturated rings. The third kappa shape index (κ3) is 3.93. The van der Waals surface area contributed by atoms with E-state index in [9.17, 15) is 15.0 Å². The van der Waals surface area contributed by atoms with E-state index in [4.69, 9.17) is 0 Å². The molecule has 1 aliphatic rings. The zero-order valence-electron chi connectivity index (χ0n) is 11.4. The third-order valence-electron chi connectivity index (χ3n) is 3.86. The van der Waals surface area contributed by atoms with E-state index in [2.05, 4.69) is 11.8 Å². The quantitative estimate of drug-likeness (QED) is 0.646. The van der Waals surface area contributed by atoms with Crippen molar-refractivity contribution in [3.8, 4) is 11.8 Å². The Labute approximate surface area is 119 Å². The van der Waals surface area contributed by atoms with Gasteiger partial charge < -0.3 is 15.0 Å². The highest BCUT2D eigenvalue weighted by Crippen LogP contribution is 2.33. The average Bonchev–Trinajstić information content (AvgIpc) is 2.79. The van der Waals surface area contributed by atoms with Gasteiger partial charge in [-0.15, -0.1) is 0 Å². The summed E-state index contributed by atoms with van der Waals surface area (Å²) in [5, 5.41) is 19.7. The molecule has 1 saturated carbocycles. The molecule has 0 heterocycles. The van der Waals surface area contributed by atoms with Crippen LogP contribution < -0.4 is 0 Å². The maximum absolute atomic E-state index is 10.6. The SMILES string of the molecule is O=CC[C@@H]1[C@H](O)CC[C@@H]1C#CC(O)Cc1ccccc1. The first-order valence-corrected chi connectivity index (χ1v) is 7.05. The first kappa shape index (κ1) is 14.8. The predicted molar refractivity (Wildman–Crippen MR) is 76.8 cm³/mol. The fourth-order valence-corrected chi connectivity index (χ4v) is 2.75. The van der Waals surface area contributed by atoms with Gasteiger partial charge in [0, 0.05) is 24.7 Å². The van der Waals surface area contributed by atoms with Crippen LogP contribution in [0.25, 0.3) is 0 Å². The molecule has 0 bridgehead atoms. The normalized spacial score (nSPS) is 26.6. The highest BCUT2D eigenvalue weighted by Gasteiger charge is 2.33. The van der Waals surface area contributed by atoms with E-state index in [-0.39, 0.29) is 11.8 Å². The lowest BCUT2D eigenvalue weighted by Gasteiger charge is -2.15. The highest BCUT2D eigenvalue weighted by molar-refractivity contribution is 5.50. The topological polar surface area (TPSA) is 57.5 Å². The Bertz CT molecular complexity index is 486. The van der Waals surface area contributed by atoms with E-state index in [1.54, 1.807) is 0 Å². The fourth-order valence-electron chi connectivity index (χ4n) is 2.75. The van der Waals surface area contributed by atoms with Crippen molar-refractivity contribution in [2.45, 2.75) is 37.9 Å². The van der Waals surface area contributed by atoms with Gasteiger partial charge in [0.1, 0.15) is 12.4 Å². The molecule has 3 nitrogen and oxygen atoms in total. The molecule has 3 heteroatoms. The van der Waals surface area contributed by atoms with Gasteiger partial charge in [0.25, 0.3) is 0 Å². The van der Waals surface area contributed by atoms with Crippen LogP contribution in [-0.2, 0) is 11.2 Å². The Morgan fingerprint density at radius 3 is 2.75 bits per heavy atom. The molecule has 1 unspecified atom stereocenters. The maximum atomic E-state index is 10.6. The number of hydrogen-bond acceptors (Lipinski definition) is 3. The summed E-state index contributed by atoms with van der Waals surface area (Å²) >= 11 is 0. The van der Waals surface area contributed by atoms with E-state index in [1.807, 2.05) is 30.3 Å². The summed E-state index contributed by atoms with van der Waals surface area (Å²) in [5.41, 5.74) is 1.05. The van der Waals surface area contributed by atoms with E-state index in [1.165, 1.54) is 0 Å². The van der Waals surface area contributed by atoms with Gasteiger partial charge in [-0.25, -0.2) is 0 Å². The lowest BCUT2D eigenvalue weighted by molar-refractivity contribution is -0.109. The summed E-state index contributed by atoms with van der Waals surface area (Å²) in [6, 6.07) is 9.72. The highest BCUT2D eigenvalue weighted by atomic mass is 16.3. The Kier molecular flexibility index (Phi) is 5.34. The second-order valence-electron chi connectivity index (χ2n) is 5.31. The number of rotatable bonds is 4. The molecule has 2 rings (SSSR count). The van der Waals surface area contributed by atoms with Crippen LogP contribution in [0, 0.1) is 23.7 Å². The smallest absolute Gasteiger partial charge is 0.120 e. The van der Waals surface area contributed by atoms with E-state index in [0.717, 1.165) is 18.3 Å². The van der Waals surface area contributed by atoms with Crippen LogP contribution in [0.5, 0.6) is 0 Å². The number of carbonyl (C=O) groups excluding carboxylic acids is 1. The van der Waals surface area contributed by atoms with Crippen LogP contribution in [0.1, 0.15) is 24.8 Å².